The molecular weight excluding hydrogens is 319 g/mol. The molecule has 0 bridgehead atoms. The van der Waals surface area contributed by atoms with Crippen molar-refractivity contribution in [2.24, 2.45) is 0 Å². The number of carbonyl (C=O) groups is 3. The van der Waals surface area contributed by atoms with Crippen LogP contribution < -0.4 is 15.3 Å². The van der Waals surface area contributed by atoms with Gasteiger partial charge in [-0.1, -0.05) is 0 Å². The first-order valence-corrected chi connectivity index (χ1v) is 1.90. The molecule has 0 aromatic carbocycles. The Bertz CT molecular complexity index is 112. The van der Waals surface area contributed by atoms with Crippen molar-refractivity contribution in [1.82, 2.24) is 0 Å². The zero-order valence-electron chi connectivity index (χ0n) is 5.87. The van der Waals surface area contributed by atoms with E-state index in [1.54, 1.807) is 0 Å². The van der Waals surface area contributed by atoms with Crippen LogP contribution in [0.5, 0.6) is 0 Å². The third-order valence-electron chi connectivity index (χ3n) is 0. The van der Waals surface area contributed by atoms with Gasteiger partial charge in [0.05, 0.1) is 0 Å². The summed E-state index contributed by atoms with van der Waals surface area (Å²) in [5.74, 6) is 0. The predicted octanol–water partition coefficient (Wildman–Crippen LogP) is -3.34. The number of carboxylic acid groups (broad SMARTS) is 6. The Balaban J connectivity index is -0.0000000450. The Labute approximate surface area is 98.8 Å². The molecule has 13 heavy (non-hydrogen) atoms. The van der Waals surface area contributed by atoms with E-state index in [4.69, 9.17) is 45.0 Å². The molecule has 0 unspecified atom stereocenters. The minimum atomic E-state index is -2.08. The summed E-state index contributed by atoms with van der Waals surface area (Å²) in [6.07, 6.45) is -6.25. The van der Waals surface area contributed by atoms with E-state index in [1.165, 1.54) is 0 Å². The van der Waals surface area contributed by atoms with Gasteiger partial charge in [-0.3, -0.25) is 0 Å². The topological polar surface area (TPSA) is 181 Å². The van der Waals surface area contributed by atoms with Crippen LogP contribution in [-0.2, 0) is 0 Å². The molecule has 3 N–H and O–H groups in total. The summed E-state index contributed by atoms with van der Waals surface area (Å²) in [7, 11) is 0. The predicted molar refractivity (Wildman–Crippen MR) is 24.1 cm³/mol. The molecule has 0 aliphatic heterocycles. The van der Waals surface area contributed by atoms with Gasteiger partial charge in [0.25, 0.3) is 0 Å². The Morgan fingerprint density at radius 2 is 0.692 bits per heavy atom. The fourth-order valence-electron chi connectivity index (χ4n) is 0. The standard InChI is InChI=1S/3CH2O3.La/c3*2-1(3)4;/h3*(H2,2,3,4);/q;;;+3/p-3. The smallest absolute Gasteiger partial charge is 0.565 e. The van der Waals surface area contributed by atoms with E-state index in [-0.39, 0.29) is 35.6 Å². The van der Waals surface area contributed by atoms with Gasteiger partial charge in [-0.15, -0.1) is 0 Å². The molecule has 0 radical (unpaired) electrons. The average Bonchev–Trinajstić information content (AvgIpc) is 1.54. The van der Waals surface area contributed by atoms with Crippen LogP contribution in [0.3, 0.4) is 0 Å². The van der Waals surface area contributed by atoms with Gasteiger partial charge >= 0.3 is 35.6 Å². The van der Waals surface area contributed by atoms with E-state index in [9.17, 15) is 0 Å². The molecule has 0 amide bonds. The van der Waals surface area contributed by atoms with Gasteiger partial charge in [0, 0.05) is 0 Å². The van der Waals surface area contributed by atoms with Gasteiger partial charge in [-0.25, -0.2) is 0 Å². The molecule has 0 atom stereocenters. The van der Waals surface area contributed by atoms with Crippen molar-refractivity contribution >= 4 is 18.5 Å². The summed E-state index contributed by atoms with van der Waals surface area (Å²) in [4.78, 5) is 25.3. The second-order valence-electron chi connectivity index (χ2n) is 0.798. The Morgan fingerprint density at radius 1 is 0.692 bits per heavy atom. The SMILES string of the molecule is O=C([O-])O.O=C([O-])O.O=C([O-])O.[La+3]. The number of hydrogen-bond acceptors (Lipinski definition) is 6. The molecule has 0 saturated heterocycles. The fourth-order valence-corrected chi connectivity index (χ4v) is 0. The fraction of sp³-hybridized carbons (Fsp3) is 0. The average molecular weight is 322 g/mol. The van der Waals surface area contributed by atoms with E-state index >= 15 is 0 Å². The molecule has 0 saturated carbocycles. The number of rotatable bonds is 0. The second-order valence-corrected chi connectivity index (χ2v) is 0.798. The summed E-state index contributed by atoms with van der Waals surface area (Å²) in [6.45, 7) is 0. The molecule has 0 fully saturated rings. The van der Waals surface area contributed by atoms with Crippen LogP contribution in [-0.4, -0.2) is 33.8 Å². The summed E-state index contributed by atoms with van der Waals surface area (Å²) >= 11 is 0. The largest absolute Gasteiger partial charge is 3.00 e. The zero-order chi connectivity index (χ0) is 10.7. The quantitative estimate of drug-likeness (QED) is 0.410. The Kier molecular flexibility index (Phi) is 30.0. The van der Waals surface area contributed by atoms with E-state index in [0.717, 1.165) is 0 Å². The van der Waals surface area contributed by atoms with Crippen LogP contribution in [0.4, 0.5) is 14.4 Å². The third kappa shape index (κ3) is 901. The van der Waals surface area contributed by atoms with Crippen molar-refractivity contribution < 1.29 is 80.6 Å². The molecule has 72 valence electrons. The van der Waals surface area contributed by atoms with Crippen molar-refractivity contribution in [3.05, 3.63) is 0 Å². The summed E-state index contributed by atoms with van der Waals surface area (Å²) in [5, 5.41) is 45.9. The summed E-state index contributed by atoms with van der Waals surface area (Å²) in [5.41, 5.74) is 0. The molecule has 9 nitrogen and oxygen atoms in total. The van der Waals surface area contributed by atoms with E-state index in [0.29, 0.717) is 0 Å². The maximum Gasteiger partial charge on any atom is 3.00 e. The molecule has 0 rings (SSSR count). The molecule has 0 aliphatic rings. The Morgan fingerprint density at radius 3 is 0.692 bits per heavy atom. The van der Waals surface area contributed by atoms with Gasteiger partial charge in [0.2, 0.25) is 18.5 Å². The van der Waals surface area contributed by atoms with E-state index < -0.39 is 18.5 Å². The monoisotopic (exact) mass is 322 g/mol. The van der Waals surface area contributed by atoms with Crippen LogP contribution in [0, 0.1) is 35.6 Å². The van der Waals surface area contributed by atoms with E-state index in [1.807, 2.05) is 0 Å². The normalized spacial score (nSPS) is 5.54. The maximum absolute atomic E-state index is 8.44. The molecule has 0 spiro atoms. The Hall–Kier alpha value is -0.995. The molecular formula is C3H3LaO9. The molecule has 0 heterocycles. The van der Waals surface area contributed by atoms with Crippen LogP contribution >= 0.6 is 0 Å². The first-order valence-electron chi connectivity index (χ1n) is 1.90. The van der Waals surface area contributed by atoms with Crippen molar-refractivity contribution in [3.8, 4) is 0 Å². The van der Waals surface area contributed by atoms with Crippen LogP contribution in [0.25, 0.3) is 0 Å². The molecule has 0 aromatic rings. The third-order valence-corrected chi connectivity index (χ3v) is 0. The maximum atomic E-state index is 8.44. The van der Waals surface area contributed by atoms with E-state index in [2.05, 4.69) is 0 Å². The molecule has 0 aromatic heterocycles. The van der Waals surface area contributed by atoms with Gasteiger partial charge in [-0.05, 0) is 0 Å². The summed E-state index contributed by atoms with van der Waals surface area (Å²) < 4.78 is 0. The first kappa shape index (κ1) is 22.7. The van der Waals surface area contributed by atoms with Crippen molar-refractivity contribution in [2.45, 2.75) is 0 Å². The van der Waals surface area contributed by atoms with Gasteiger partial charge in [0.15, 0.2) is 0 Å². The second kappa shape index (κ2) is 17.2. The van der Waals surface area contributed by atoms with Gasteiger partial charge in [0.1, 0.15) is 0 Å². The first-order chi connectivity index (χ1) is 5.20. The van der Waals surface area contributed by atoms with Crippen LogP contribution in [0.1, 0.15) is 0 Å². The van der Waals surface area contributed by atoms with Gasteiger partial charge in [-0.2, -0.15) is 0 Å². The number of hydrogen-bond donors (Lipinski definition) is 3. The van der Waals surface area contributed by atoms with Crippen LogP contribution in [0.2, 0.25) is 0 Å². The zero-order valence-corrected chi connectivity index (χ0v) is 9.49. The minimum absolute atomic E-state index is 0. The van der Waals surface area contributed by atoms with Crippen molar-refractivity contribution in [3.63, 3.8) is 0 Å². The van der Waals surface area contributed by atoms with Crippen LogP contribution in [0.15, 0.2) is 0 Å². The van der Waals surface area contributed by atoms with Crippen molar-refractivity contribution in [2.75, 3.05) is 0 Å². The van der Waals surface area contributed by atoms with Crippen molar-refractivity contribution in [1.29, 1.82) is 0 Å². The summed E-state index contributed by atoms with van der Waals surface area (Å²) in [6, 6.07) is 0. The molecule has 10 heteroatoms. The minimum Gasteiger partial charge on any atom is -0.565 e. The molecule has 0 aliphatic carbocycles. The van der Waals surface area contributed by atoms with Gasteiger partial charge < -0.3 is 45.0 Å².